The normalized spacial score (nSPS) is 10.8. The van der Waals surface area contributed by atoms with Crippen LogP contribution in [0.15, 0.2) is 0 Å². The molecule has 0 saturated heterocycles. The Hall–Kier alpha value is -1.10. The van der Waals surface area contributed by atoms with E-state index in [-0.39, 0.29) is 12.3 Å². The minimum atomic E-state index is -0.956. The summed E-state index contributed by atoms with van der Waals surface area (Å²) in [7, 11) is 0. The van der Waals surface area contributed by atoms with Gasteiger partial charge in [0.2, 0.25) is 11.8 Å². The number of carbonyl (C=O) groups excluding carboxylic acids is 2. The van der Waals surface area contributed by atoms with Gasteiger partial charge in [-0.1, -0.05) is 20.8 Å². The topological polar surface area (TPSA) is 92.4 Å². The lowest BCUT2D eigenvalue weighted by atomic mass is 10.3. The van der Waals surface area contributed by atoms with E-state index in [2.05, 4.69) is 5.32 Å². The minimum Gasteiger partial charge on any atom is -0.394 e. The average molecular weight is 190 g/mol. The second-order valence-corrected chi connectivity index (χ2v) is 2.06. The average Bonchev–Trinajstić information content (AvgIpc) is 2.16. The van der Waals surface area contributed by atoms with Gasteiger partial charge in [-0.25, -0.2) is 0 Å². The Bertz CT molecular complexity index is 159. The van der Waals surface area contributed by atoms with Gasteiger partial charge in [0.1, 0.15) is 6.04 Å². The number of rotatable bonds is 4. The van der Waals surface area contributed by atoms with Crippen molar-refractivity contribution in [2.24, 2.45) is 5.73 Å². The summed E-state index contributed by atoms with van der Waals surface area (Å²) in [6.45, 7) is 5.19. The lowest BCUT2D eigenvalue weighted by Crippen LogP contribution is -2.46. The van der Waals surface area contributed by atoms with Crippen molar-refractivity contribution in [2.45, 2.75) is 33.2 Å². The van der Waals surface area contributed by atoms with Crippen LogP contribution in [0.25, 0.3) is 0 Å². The van der Waals surface area contributed by atoms with Crippen LogP contribution < -0.4 is 11.1 Å². The molecule has 0 aromatic rings. The van der Waals surface area contributed by atoms with Crippen LogP contribution in [-0.4, -0.2) is 29.6 Å². The molecular weight excluding hydrogens is 172 g/mol. The first-order valence-electron chi connectivity index (χ1n) is 4.31. The molecule has 0 bridgehead atoms. The summed E-state index contributed by atoms with van der Waals surface area (Å²) in [4.78, 5) is 21.1. The molecule has 0 aliphatic carbocycles. The van der Waals surface area contributed by atoms with Crippen LogP contribution >= 0.6 is 0 Å². The molecule has 0 fully saturated rings. The number of aliphatic hydroxyl groups is 1. The van der Waals surface area contributed by atoms with Crippen molar-refractivity contribution in [3.05, 3.63) is 0 Å². The van der Waals surface area contributed by atoms with E-state index in [1.165, 1.54) is 0 Å². The molecule has 0 unspecified atom stereocenters. The van der Waals surface area contributed by atoms with Crippen molar-refractivity contribution < 1.29 is 14.7 Å². The predicted octanol–water partition coefficient (Wildman–Crippen LogP) is -0.615. The molecule has 0 aromatic heterocycles. The molecule has 0 aliphatic rings. The fraction of sp³-hybridized carbons (Fsp3) is 0.750. The van der Waals surface area contributed by atoms with Crippen molar-refractivity contribution in [3.8, 4) is 0 Å². The van der Waals surface area contributed by atoms with Gasteiger partial charge in [0.25, 0.3) is 0 Å². The van der Waals surface area contributed by atoms with E-state index >= 15 is 0 Å². The van der Waals surface area contributed by atoms with Gasteiger partial charge in [-0.2, -0.15) is 0 Å². The van der Waals surface area contributed by atoms with Gasteiger partial charge in [-0.05, 0) is 0 Å². The van der Waals surface area contributed by atoms with Crippen molar-refractivity contribution in [1.82, 2.24) is 5.32 Å². The Morgan fingerprint density at radius 3 is 2.15 bits per heavy atom. The van der Waals surface area contributed by atoms with Gasteiger partial charge < -0.3 is 16.2 Å². The summed E-state index contributed by atoms with van der Waals surface area (Å²) in [5.41, 5.74) is 4.84. The predicted molar refractivity (Wildman–Crippen MR) is 49.8 cm³/mol. The number of nitrogens with one attached hydrogen (secondary N) is 1. The molecule has 78 valence electrons. The maximum atomic E-state index is 10.7. The third-order valence-corrected chi connectivity index (χ3v) is 1.18. The Morgan fingerprint density at radius 2 is 1.92 bits per heavy atom. The number of carbonyl (C=O) groups is 2. The zero-order valence-corrected chi connectivity index (χ0v) is 8.33. The van der Waals surface area contributed by atoms with Gasteiger partial charge in [0, 0.05) is 6.42 Å². The van der Waals surface area contributed by atoms with Crippen LogP contribution in [-0.2, 0) is 9.59 Å². The fourth-order valence-corrected chi connectivity index (χ4v) is 0.503. The minimum absolute atomic E-state index is 0.268. The molecule has 0 aromatic carbocycles. The van der Waals surface area contributed by atoms with Gasteiger partial charge in [-0.3, -0.25) is 9.59 Å². The second-order valence-electron chi connectivity index (χ2n) is 2.06. The first-order valence-corrected chi connectivity index (χ1v) is 4.31. The summed E-state index contributed by atoms with van der Waals surface area (Å²) in [6, 6.07) is -0.956. The third kappa shape index (κ3) is 7.27. The van der Waals surface area contributed by atoms with Crippen LogP contribution in [0, 0.1) is 0 Å². The van der Waals surface area contributed by atoms with Crippen molar-refractivity contribution in [2.75, 3.05) is 6.61 Å². The zero-order chi connectivity index (χ0) is 10.9. The molecule has 0 aliphatic heterocycles. The smallest absolute Gasteiger partial charge is 0.242 e. The lowest BCUT2D eigenvalue weighted by Gasteiger charge is -2.10. The van der Waals surface area contributed by atoms with Crippen molar-refractivity contribution in [1.29, 1.82) is 0 Å². The molecule has 0 heterocycles. The molecule has 0 rings (SSSR count). The maximum Gasteiger partial charge on any atom is 0.242 e. The molecule has 0 spiro atoms. The molecule has 0 saturated carbocycles. The highest BCUT2D eigenvalue weighted by Crippen LogP contribution is 1.82. The van der Waals surface area contributed by atoms with E-state index in [4.69, 9.17) is 10.8 Å². The van der Waals surface area contributed by atoms with Gasteiger partial charge in [0.15, 0.2) is 0 Å². The lowest BCUT2D eigenvalue weighted by molar-refractivity contribution is -0.128. The van der Waals surface area contributed by atoms with Gasteiger partial charge in [0.05, 0.1) is 6.61 Å². The summed E-state index contributed by atoms with van der Waals surface area (Å²) in [5.74, 6) is -1.03. The van der Waals surface area contributed by atoms with Crippen LogP contribution in [0.2, 0.25) is 0 Å². The van der Waals surface area contributed by atoms with Gasteiger partial charge in [-0.15, -0.1) is 0 Å². The van der Waals surface area contributed by atoms with Gasteiger partial charge >= 0.3 is 0 Å². The highest BCUT2D eigenvalue weighted by Gasteiger charge is 2.14. The number of nitrogens with two attached hydrogens (primary N) is 1. The molecule has 5 nitrogen and oxygen atoms in total. The number of primary amides is 1. The fourth-order valence-electron chi connectivity index (χ4n) is 0.503. The van der Waals surface area contributed by atoms with Crippen LogP contribution in [0.5, 0.6) is 0 Å². The summed E-state index contributed by atoms with van der Waals surface area (Å²) < 4.78 is 0. The van der Waals surface area contributed by atoms with E-state index in [1.54, 1.807) is 6.92 Å². The summed E-state index contributed by atoms with van der Waals surface area (Å²) in [6.07, 6.45) is 0.268. The molecule has 2 amide bonds. The number of hydrogen-bond acceptors (Lipinski definition) is 3. The number of amides is 2. The largest absolute Gasteiger partial charge is 0.394 e. The molecule has 13 heavy (non-hydrogen) atoms. The summed E-state index contributed by atoms with van der Waals surface area (Å²) >= 11 is 0. The number of aliphatic hydroxyl groups excluding tert-OH is 1. The summed E-state index contributed by atoms with van der Waals surface area (Å²) in [5, 5.41) is 10.8. The monoisotopic (exact) mass is 190 g/mol. The molecular formula is C8H18N2O3. The quantitative estimate of drug-likeness (QED) is 0.552. The SMILES string of the molecule is CC.CCC(=O)N[C@@H](CO)C(N)=O. The van der Waals surface area contributed by atoms with E-state index < -0.39 is 18.6 Å². The van der Waals surface area contributed by atoms with Crippen molar-refractivity contribution >= 4 is 11.8 Å². The first-order chi connectivity index (χ1) is 6.11. The van der Waals surface area contributed by atoms with Crippen LogP contribution in [0.3, 0.4) is 0 Å². The van der Waals surface area contributed by atoms with Crippen LogP contribution in [0.4, 0.5) is 0 Å². The third-order valence-electron chi connectivity index (χ3n) is 1.18. The molecule has 5 heteroatoms. The molecule has 1 atom stereocenters. The Labute approximate surface area is 78.3 Å². The highest BCUT2D eigenvalue weighted by atomic mass is 16.3. The van der Waals surface area contributed by atoms with E-state index in [0.29, 0.717) is 0 Å². The van der Waals surface area contributed by atoms with Crippen LogP contribution in [0.1, 0.15) is 27.2 Å². The zero-order valence-electron chi connectivity index (χ0n) is 8.33. The second kappa shape index (κ2) is 8.99. The van der Waals surface area contributed by atoms with E-state index in [1.807, 2.05) is 13.8 Å². The Balaban J connectivity index is 0. The number of hydrogen-bond donors (Lipinski definition) is 3. The Kier molecular flexibility index (Phi) is 9.98. The maximum absolute atomic E-state index is 10.7. The molecule has 0 radical (unpaired) electrons. The van der Waals surface area contributed by atoms with E-state index in [9.17, 15) is 9.59 Å². The van der Waals surface area contributed by atoms with Crippen molar-refractivity contribution in [3.63, 3.8) is 0 Å². The van der Waals surface area contributed by atoms with E-state index in [0.717, 1.165) is 0 Å². The first kappa shape index (κ1) is 14.4. The Morgan fingerprint density at radius 1 is 1.46 bits per heavy atom. The highest BCUT2D eigenvalue weighted by molar-refractivity contribution is 5.86. The molecule has 4 N–H and O–H groups in total. The standard InChI is InChI=1S/C6H12N2O3.C2H6/c1-2-5(10)8-4(3-9)6(7)11;1-2/h4,9H,2-3H2,1H3,(H2,7,11)(H,8,10);1-2H3/t4-;/m0./s1.